The number of aryl methyl sites for hydroxylation is 1. The lowest BCUT2D eigenvalue weighted by Gasteiger charge is -2.32. The van der Waals surface area contributed by atoms with Crippen molar-refractivity contribution in [1.82, 2.24) is 15.1 Å². The Morgan fingerprint density at radius 1 is 0.891 bits per heavy atom. The first-order valence-electron chi connectivity index (χ1n) is 15.5. The van der Waals surface area contributed by atoms with Crippen LogP contribution in [0.3, 0.4) is 0 Å². The van der Waals surface area contributed by atoms with E-state index in [0.29, 0.717) is 60.1 Å². The fourth-order valence-electron chi connectivity index (χ4n) is 6.08. The van der Waals surface area contributed by atoms with E-state index in [1.54, 1.807) is 57.7 Å². The number of nitrogens with zero attached hydrogens (tertiary/aromatic N) is 2. The van der Waals surface area contributed by atoms with Gasteiger partial charge < -0.3 is 39.4 Å². The molecule has 3 aromatic rings. The minimum Gasteiger partial charge on any atom is -0.493 e. The number of anilines is 1. The molecule has 1 heterocycles. The predicted octanol–water partition coefficient (Wildman–Crippen LogP) is 4.30. The van der Waals surface area contributed by atoms with Crippen LogP contribution in [0.4, 0.5) is 5.69 Å². The number of hydrogen-bond donors (Lipinski definition) is 2. The zero-order valence-corrected chi connectivity index (χ0v) is 27.1. The maximum absolute atomic E-state index is 13.2. The minimum absolute atomic E-state index is 0.0674. The van der Waals surface area contributed by atoms with Gasteiger partial charge in [-0.3, -0.25) is 9.59 Å². The van der Waals surface area contributed by atoms with Gasteiger partial charge in [-0.2, -0.15) is 0 Å². The smallest absolute Gasteiger partial charge is 0.343 e. The van der Waals surface area contributed by atoms with Crippen LogP contribution in [-0.2, 0) is 16.0 Å². The first kappa shape index (κ1) is 32.8. The molecular formula is C35H42N4O7. The molecule has 1 saturated heterocycles. The third kappa shape index (κ3) is 7.43. The van der Waals surface area contributed by atoms with Crippen LogP contribution in [0, 0.1) is 0 Å². The molecule has 244 valence electrons. The Labute approximate surface area is 269 Å². The van der Waals surface area contributed by atoms with E-state index in [1.165, 1.54) is 6.92 Å². The zero-order chi connectivity index (χ0) is 32.8. The van der Waals surface area contributed by atoms with E-state index in [2.05, 4.69) is 27.5 Å². The van der Waals surface area contributed by atoms with Gasteiger partial charge in [0.25, 0.3) is 0 Å². The summed E-state index contributed by atoms with van der Waals surface area (Å²) in [5.74, 6) is 1.11. The van der Waals surface area contributed by atoms with Crippen LogP contribution < -0.4 is 29.6 Å². The molecule has 0 bridgehead atoms. The summed E-state index contributed by atoms with van der Waals surface area (Å²) in [6.45, 7) is 6.14. The largest absolute Gasteiger partial charge is 0.493 e. The Bertz CT molecular complexity index is 1580. The van der Waals surface area contributed by atoms with Crippen molar-refractivity contribution in [3.8, 4) is 34.1 Å². The van der Waals surface area contributed by atoms with E-state index in [-0.39, 0.29) is 17.9 Å². The number of methoxy groups -OCH3 is 3. The Kier molecular flexibility index (Phi) is 10.4. The maximum Gasteiger partial charge on any atom is 0.343 e. The molecule has 2 aliphatic rings. The molecule has 11 heteroatoms. The highest BCUT2D eigenvalue weighted by atomic mass is 16.5. The molecule has 46 heavy (non-hydrogen) atoms. The number of piperazine rings is 1. The van der Waals surface area contributed by atoms with E-state index in [0.717, 1.165) is 48.4 Å². The lowest BCUT2D eigenvalue weighted by Crippen LogP contribution is -2.45. The van der Waals surface area contributed by atoms with E-state index >= 15 is 0 Å². The Balaban J connectivity index is 1.32. The van der Waals surface area contributed by atoms with Crippen molar-refractivity contribution in [1.29, 1.82) is 0 Å². The molecule has 0 saturated carbocycles. The van der Waals surface area contributed by atoms with Gasteiger partial charge in [-0.1, -0.05) is 6.07 Å². The Morgan fingerprint density at radius 3 is 2.26 bits per heavy atom. The molecule has 11 nitrogen and oxygen atoms in total. The Morgan fingerprint density at radius 2 is 1.61 bits per heavy atom. The van der Waals surface area contributed by atoms with Gasteiger partial charge in [0.2, 0.25) is 17.6 Å². The van der Waals surface area contributed by atoms with Crippen molar-refractivity contribution in [2.24, 2.45) is 0 Å². The van der Waals surface area contributed by atoms with Crippen molar-refractivity contribution >= 4 is 23.5 Å². The molecule has 1 aliphatic carbocycles. The zero-order valence-electron chi connectivity index (χ0n) is 27.1. The highest BCUT2D eigenvalue weighted by Crippen LogP contribution is 2.51. The predicted molar refractivity (Wildman–Crippen MR) is 175 cm³/mol. The number of benzene rings is 3. The van der Waals surface area contributed by atoms with Crippen molar-refractivity contribution < 1.29 is 33.3 Å². The van der Waals surface area contributed by atoms with Gasteiger partial charge in [-0.15, -0.1) is 0 Å². The molecule has 3 aromatic carbocycles. The summed E-state index contributed by atoms with van der Waals surface area (Å²) in [7, 11) is 6.82. The lowest BCUT2D eigenvalue weighted by atomic mass is 9.93. The summed E-state index contributed by atoms with van der Waals surface area (Å²) in [6.07, 6.45) is 1.65. The standard InChI is InChI=1S/C35H42N4O7/c1-22(40)36-29-13-8-24-20-30(43-3)33(44-4)34(45-5)32(24)27-12-11-26(21-28(27)29)46-35(42)23-6-9-25(10-7-23)37-31(41)14-15-39-18-16-38(2)17-19-39/h6-7,9-12,20-21,29H,8,13-19H2,1-5H3,(H,36,40)(H,37,41)/t29-/m0/s1. The second kappa shape index (κ2) is 14.7. The molecule has 0 radical (unpaired) electrons. The number of amides is 2. The number of hydrogen-bond acceptors (Lipinski definition) is 9. The minimum atomic E-state index is -0.540. The van der Waals surface area contributed by atoms with Crippen molar-refractivity contribution in [3.05, 3.63) is 65.2 Å². The van der Waals surface area contributed by atoms with Gasteiger partial charge in [0.15, 0.2) is 11.5 Å². The van der Waals surface area contributed by atoms with Crippen molar-refractivity contribution in [2.75, 3.05) is 66.4 Å². The van der Waals surface area contributed by atoms with Crippen LogP contribution in [0.25, 0.3) is 11.1 Å². The third-order valence-electron chi connectivity index (χ3n) is 8.53. The normalized spacial score (nSPS) is 16.3. The summed E-state index contributed by atoms with van der Waals surface area (Å²) in [4.78, 5) is 42.4. The van der Waals surface area contributed by atoms with Crippen LogP contribution >= 0.6 is 0 Å². The molecule has 2 N–H and O–H groups in total. The summed E-state index contributed by atoms with van der Waals surface area (Å²) in [5.41, 5.74) is 4.40. The first-order valence-corrected chi connectivity index (χ1v) is 15.5. The number of rotatable bonds is 10. The van der Waals surface area contributed by atoms with E-state index in [1.807, 2.05) is 12.1 Å². The van der Waals surface area contributed by atoms with Gasteiger partial charge in [0, 0.05) is 57.3 Å². The van der Waals surface area contributed by atoms with Crippen molar-refractivity contribution in [2.45, 2.75) is 32.2 Å². The van der Waals surface area contributed by atoms with E-state index < -0.39 is 5.97 Å². The highest BCUT2D eigenvalue weighted by Gasteiger charge is 2.30. The fourth-order valence-corrected chi connectivity index (χ4v) is 6.08. The number of carbonyl (C=O) groups excluding carboxylic acids is 3. The van der Waals surface area contributed by atoms with Gasteiger partial charge in [-0.25, -0.2) is 4.79 Å². The number of carbonyl (C=O) groups is 3. The maximum atomic E-state index is 13.2. The average molecular weight is 631 g/mol. The van der Waals surface area contributed by atoms with Crippen LogP contribution in [0.5, 0.6) is 23.0 Å². The number of nitrogens with one attached hydrogen (secondary N) is 2. The van der Waals surface area contributed by atoms with Gasteiger partial charge in [-0.05, 0) is 79.0 Å². The Hall–Kier alpha value is -4.61. The number of fused-ring (bicyclic) bond motifs is 3. The summed E-state index contributed by atoms with van der Waals surface area (Å²) in [6, 6.07) is 13.6. The van der Waals surface area contributed by atoms with Gasteiger partial charge in [0.1, 0.15) is 5.75 Å². The van der Waals surface area contributed by atoms with E-state index in [9.17, 15) is 14.4 Å². The third-order valence-corrected chi connectivity index (χ3v) is 8.53. The lowest BCUT2D eigenvalue weighted by molar-refractivity contribution is -0.120. The number of esters is 1. The van der Waals surface area contributed by atoms with Crippen LogP contribution in [0.15, 0.2) is 48.5 Å². The molecule has 1 fully saturated rings. The summed E-state index contributed by atoms with van der Waals surface area (Å²) < 4.78 is 22.9. The SMILES string of the molecule is COc1cc2c(c(OC)c1OC)-c1ccc(OC(=O)c3ccc(NC(=O)CCN4CCN(C)CC4)cc3)cc1[C@@H](NC(C)=O)CC2. The van der Waals surface area contributed by atoms with E-state index in [4.69, 9.17) is 18.9 Å². The quantitative estimate of drug-likeness (QED) is 0.250. The second-order valence-corrected chi connectivity index (χ2v) is 11.6. The molecule has 0 spiro atoms. The monoisotopic (exact) mass is 630 g/mol. The molecule has 1 atom stereocenters. The van der Waals surface area contributed by atoms with Crippen LogP contribution in [0.2, 0.25) is 0 Å². The number of ether oxygens (including phenoxy) is 4. The molecule has 0 unspecified atom stereocenters. The topological polar surface area (TPSA) is 119 Å². The fraction of sp³-hybridized carbons (Fsp3) is 0.400. The highest BCUT2D eigenvalue weighted by molar-refractivity contribution is 5.94. The average Bonchev–Trinajstić information content (AvgIpc) is 3.19. The molecule has 2 amide bonds. The van der Waals surface area contributed by atoms with Gasteiger partial charge in [0.05, 0.1) is 32.9 Å². The van der Waals surface area contributed by atoms with Crippen LogP contribution in [0.1, 0.15) is 47.3 Å². The molecule has 0 aromatic heterocycles. The second-order valence-electron chi connectivity index (χ2n) is 11.6. The molecular weight excluding hydrogens is 588 g/mol. The number of likely N-dealkylation sites (N-methyl/N-ethyl adjacent to an activating group) is 1. The van der Waals surface area contributed by atoms with Gasteiger partial charge >= 0.3 is 5.97 Å². The van der Waals surface area contributed by atoms with Crippen molar-refractivity contribution in [3.63, 3.8) is 0 Å². The first-order chi connectivity index (χ1) is 22.2. The van der Waals surface area contributed by atoms with Crippen LogP contribution in [-0.4, -0.2) is 88.7 Å². The molecule has 5 rings (SSSR count). The summed E-state index contributed by atoms with van der Waals surface area (Å²) in [5, 5.41) is 5.96. The molecule has 1 aliphatic heterocycles. The summed E-state index contributed by atoms with van der Waals surface area (Å²) >= 11 is 0.